The van der Waals surface area contributed by atoms with Crippen molar-refractivity contribution in [1.29, 1.82) is 0 Å². The number of anilines is 1. The van der Waals surface area contributed by atoms with Crippen LogP contribution in [0.4, 0.5) is 14.6 Å². The lowest BCUT2D eigenvalue weighted by Gasteiger charge is -2.28. The number of aryl methyl sites for hydroxylation is 2. The largest absolute Gasteiger partial charge is 0.480 e. The third kappa shape index (κ3) is 6.12. The molecule has 2 fully saturated rings. The average molecular weight is 514 g/mol. The number of aliphatic carboxylic acids is 1. The Hall–Kier alpha value is -2.58. The number of alkyl halides is 1. The first-order valence-electron chi connectivity index (χ1n) is 13.7. The second-order valence-corrected chi connectivity index (χ2v) is 10.7. The highest BCUT2D eigenvalue weighted by Crippen LogP contribution is 2.38. The first-order valence-corrected chi connectivity index (χ1v) is 13.7. The molecular weight excluding hydrogens is 476 g/mol. The normalized spacial score (nSPS) is 23.4. The van der Waals surface area contributed by atoms with Crippen LogP contribution in [0.5, 0.6) is 0 Å². The van der Waals surface area contributed by atoms with Crippen LogP contribution < -0.4 is 5.32 Å². The first kappa shape index (κ1) is 26.0. The van der Waals surface area contributed by atoms with Gasteiger partial charge in [0.2, 0.25) is 0 Å². The molecule has 5 rings (SSSR count). The lowest BCUT2D eigenvalue weighted by molar-refractivity contribution is -0.143. The fraction of sp³-hybridized carbons (Fsp3) is 0.586. The Labute approximate surface area is 217 Å². The van der Waals surface area contributed by atoms with Crippen molar-refractivity contribution in [2.24, 2.45) is 5.92 Å². The molecule has 6 nitrogen and oxygen atoms in total. The summed E-state index contributed by atoms with van der Waals surface area (Å²) in [5, 5.41) is 13.5. The Bertz CT molecular complexity index is 1090. The molecule has 2 saturated heterocycles. The van der Waals surface area contributed by atoms with Crippen LogP contribution in [-0.4, -0.2) is 53.4 Å². The van der Waals surface area contributed by atoms with Crippen LogP contribution in [-0.2, 0) is 22.4 Å². The van der Waals surface area contributed by atoms with E-state index in [0.29, 0.717) is 38.1 Å². The van der Waals surface area contributed by atoms with E-state index in [1.165, 1.54) is 17.7 Å². The third-order valence-corrected chi connectivity index (χ3v) is 8.10. The molecule has 3 aliphatic rings. The highest BCUT2D eigenvalue weighted by Gasteiger charge is 2.38. The van der Waals surface area contributed by atoms with E-state index in [1.54, 1.807) is 11.0 Å². The van der Waals surface area contributed by atoms with Gasteiger partial charge in [-0.15, -0.1) is 0 Å². The van der Waals surface area contributed by atoms with Crippen molar-refractivity contribution >= 4 is 11.8 Å². The fourth-order valence-corrected chi connectivity index (χ4v) is 6.12. The molecule has 1 aromatic heterocycles. The van der Waals surface area contributed by atoms with Gasteiger partial charge < -0.3 is 15.2 Å². The van der Waals surface area contributed by atoms with Gasteiger partial charge >= 0.3 is 5.97 Å². The Morgan fingerprint density at radius 3 is 2.92 bits per heavy atom. The minimum atomic E-state index is -1.03. The molecule has 0 amide bonds. The van der Waals surface area contributed by atoms with Crippen molar-refractivity contribution in [3.05, 3.63) is 58.5 Å². The molecule has 0 saturated carbocycles. The van der Waals surface area contributed by atoms with Gasteiger partial charge in [0, 0.05) is 31.3 Å². The van der Waals surface area contributed by atoms with Crippen molar-refractivity contribution in [1.82, 2.24) is 9.88 Å². The van der Waals surface area contributed by atoms with Crippen LogP contribution in [0.3, 0.4) is 0 Å². The standard InChI is InChI=1S/C29H37F2N3O3/c30-21-10-12-23(26-8-4-16-37-26)24(17-21)27(29(35)36)34-15-13-20(18-34)25(31)7-2-1-6-22-11-9-19-5-3-14-32-28(19)33-22/h9-12,17,20,25-27H,1-8,13-16,18H2,(H,32,33)(H,35,36)/t20-,25?,26-,27+/m1/s1. The molecule has 37 heavy (non-hydrogen) atoms. The Balaban J connectivity index is 1.16. The van der Waals surface area contributed by atoms with Crippen molar-refractivity contribution in [2.75, 3.05) is 31.6 Å². The SMILES string of the molecule is O=C(O)[C@H](c1cc(F)ccc1[C@H]1CCCO1)N1CC[C@@H](C(F)CCCCc2ccc3c(n2)NCCC3)C1. The average Bonchev–Trinajstić information content (AvgIpc) is 3.60. The molecule has 2 N–H and O–H groups in total. The van der Waals surface area contributed by atoms with Crippen molar-refractivity contribution in [2.45, 2.75) is 76.1 Å². The maximum Gasteiger partial charge on any atom is 0.325 e. The fourth-order valence-electron chi connectivity index (χ4n) is 6.12. The van der Waals surface area contributed by atoms with Crippen LogP contribution in [0.25, 0.3) is 0 Å². The van der Waals surface area contributed by atoms with Gasteiger partial charge in [-0.1, -0.05) is 18.6 Å². The van der Waals surface area contributed by atoms with Crippen LogP contribution in [0.2, 0.25) is 0 Å². The van der Waals surface area contributed by atoms with E-state index in [9.17, 15) is 14.3 Å². The zero-order chi connectivity index (χ0) is 25.8. The van der Waals surface area contributed by atoms with E-state index < -0.39 is 24.0 Å². The van der Waals surface area contributed by atoms with Crippen LogP contribution in [0, 0.1) is 11.7 Å². The van der Waals surface area contributed by atoms with Gasteiger partial charge in [0.05, 0.1) is 6.10 Å². The summed E-state index contributed by atoms with van der Waals surface area (Å²) >= 11 is 0. The minimum Gasteiger partial charge on any atom is -0.480 e. The van der Waals surface area contributed by atoms with Crippen LogP contribution >= 0.6 is 0 Å². The molecule has 200 valence electrons. The first-order chi connectivity index (χ1) is 18.0. The van der Waals surface area contributed by atoms with Gasteiger partial charge in [-0.25, -0.2) is 13.8 Å². The number of halogens is 2. The molecule has 3 aliphatic heterocycles. The molecule has 2 aromatic rings. The molecule has 4 atom stereocenters. The molecule has 1 unspecified atom stereocenters. The lowest BCUT2D eigenvalue weighted by atomic mass is 9.94. The number of carbonyl (C=O) groups is 1. The predicted octanol–water partition coefficient (Wildman–Crippen LogP) is 5.63. The summed E-state index contributed by atoms with van der Waals surface area (Å²) in [5.41, 5.74) is 3.47. The number of rotatable bonds is 10. The smallest absolute Gasteiger partial charge is 0.325 e. The summed E-state index contributed by atoms with van der Waals surface area (Å²) in [6.45, 7) is 2.42. The zero-order valence-corrected chi connectivity index (χ0v) is 21.3. The van der Waals surface area contributed by atoms with Crippen molar-refractivity contribution < 1.29 is 23.4 Å². The molecule has 4 heterocycles. The molecule has 0 bridgehead atoms. The number of nitrogens with one attached hydrogen (secondary N) is 1. The van der Waals surface area contributed by atoms with Gasteiger partial charge in [0.15, 0.2) is 0 Å². The van der Waals surface area contributed by atoms with E-state index in [2.05, 4.69) is 17.4 Å². The minimum absolute atomic E-state index is 0.215. The van der Waals surface area contributed by atoms with E-state index in [0.717, 1.165) is 68.6 Å². The lowest BCUT2D eigenvalue weighted by Crippen LogP contribution is -2.34. The van der Waals surface area contributed by atoms with Crippen LogP contribution in [0.15, 0.2) is 30.3 Å². The monoisotopic (exact) mass is 513 g/mol. The zero-order valence-electron chi connectivity index (χ0n) is 21.3. The van der Waals surface area contributed by atoms with Gasteiger partial charge in [-0.2, -0.15) is 0 Å². The topological polar surface area (TPSA) is 74.7 Å². The number of unbranched alkanes of at least 4 members (excludes halogenated alkanes) is 1. The number of nitrogens with zero attached hydrogens (tertiary/aromatic N) is 2. The highest BCUT2D eigenvalue weighted by atomic mass is 19.1. The maximum atomic E-state index is 15.2. The summed E-state index contributed by atoms with van der Waals surface area (Å²) in [5.74, 6) is -0.723. The summed E-state index contributed by atoms with van der Waals surface area (Å²) < 4.78 is 35.2. The second-order valence-electron chi connectivity index (χ2n) is 10.7. The van der Waals surface area contributed by atoms with Crippen molar-refractivity contribution in [3.8, 4) is 0 Å². The molecule has 8 heteroatoms. The highest BCUT2D eigenvalue weighted by molar-refractivity contribution is 5.76. The summed E-state index contributed by atoms with van der Waals surface area (Å²) in [6, 6.07) is 7.56. The molecular formula is C29H37F2N3O3. The van der Waals surface area contributed by atoms with E-state index in [4.69, 9.17) is 9.72 Å². The molecule has 1 aromatic carbocycles. The number of hydrogen-bond acceptors (Lipinski definition) is 5. The van der Waals surface area contributed by atoms with Gasteiger partial charge in [0.1, 0.15) is 23.8 Å². The number of aromatic nitrogens is 1. The van der Waals surface area contributed by atoms with Crippen molar-refractivity contribution in [3.63, 3.8) is 0 Å². The van der Waals surface area contributed by atoms with Gasteiger partial charge in [-0.05, 0) is 92.8 Å². The van der Waals surface area contributed by atoms with E-state index in [-0.39, 0.29) is 12.0 Å². The molecule has 0 spiro atoms. The number of ether oxygens (including phenoxy) is 1. The number of fused-ring (bicyclic) bond motifs is 1. The summed E-state index contributed by atoms with van der Waals surface area (Å²) in [7, 11) is 0. The number of likely N-dealkylation sites (tertiary alicyclic amines) is 1. The second kappa shape index (κ2) is 11.9. The number of benzene rings is 1. The van der Waals surface area contributed by atoms with Gasteiger partial charge in [-0.3, -0.25) is 9.69 Å². The summed E-state index contributed by atoms with van der Waals surface area (Å²) in [4.78, 5) is 18.9. The van der Waals surface area contributed by atoms with Crippen LogP contribution in [0.1, 0.15) is 79.5 Å². The third-order valence-electron chi connectivity index (χ3n) is 8.10. The number of carboxylic acids is 1. The number of pyridine rings is 1. The predicted molar refractivity (Wildman–Crippen MR) is 138 cm³/mol. The Morgan fingerprint density at radius 2 is 2.11 bits per heavy atom. The van der Waals surface area contributed by atoms with Gasteiger partial charge in [0.25, 0.3) is 0 Å². The number of carboxylic acid groups (broad SMARTS) is 1. The maximum absolute atomic E-state index is 15.2. The molecule has 0 aliphatic carbocycles. The van der Waals surface area contributed by atoms with E-state index in [1.807, 2.05) is 0 Å². The summed E-state index contributed by atoms with van der Waals surface area (Å²) in [6.07, 6.45) is 6.21. The quantitative estimate of drug-likeness (QED) is 0.401. The Kier molecular flexibility index (Phi) is 8.35. The number of hydrogen-bond donors (Lipinski definition) is 2. The molecule has 0 radical (unpaired) electrons. The van der Waals surface area contributed by atoms with E-state index >= 15 is 4.39 Å². The Morgan fingerprint density at radius 1 is 1.22 bits per heavy atom.